The second-order valence-corrected chi connectivity index (χ2v) is 3.53. The molecule has 0 heterocycles. The number of nitrogens with one attached hydrogen (secondary N) is 2. The van der Waals surface area contributed by atoms with Crippen LogP contribution in [0.25, 0.3) is 0 Å². The Morgan fingerprint density at radius 1 is 1.38 bits per heavy atom. The van der Waals surface area contributed by atoms with Crippen molar-refractivity contribution >= 4 is 12.0 Å². The Bertz CT molecular complexity index is 264. The molecule has 0 aromatic rings. The van der Waals surface area contributed by atoms with E-state index in [1.807, 2.05) is 0 Å². The zero-order valence-electron chi connectivity index (χ0n) is 10.0. The summed E-state index contributed by atoms with van der Waals surface area (Å²) in [5.41, 5.74) is 2.90. The van der Waals surface area contributed by atoms with E-state index in [0.29, 0.717) is 18.5 Å². The standard InChI is InChI=1S/C10H19N3O3/c1-8(2)9(14)16-7-5-6-11-10(15)12-13(3)4/h1,5-7H2,2-4H3,(H2,11,12,15). The van der Waals surface area contributed by atoms with E-state index in [1.165, 1.54) is 5.01 Å². The summed E-state index contributed by atoms with van der Waals surface area (Å²) in [7, 11) is 3.43. The predicted molar refractivity (Wildman–Crippen MR) is 60.6 cm³/mol. The van der Waals surface area contributed by atoms with Gasteiger partial charge in [0.15, 0.2) is 0 Å². The quantitative estimate of drug-likeness (QED) is 0.297. The molecule has 0 spiro atoms. The van der Waals surface area contributed by atoms with E-state index in [-0.39, 0.29) is 12.6 Å². The number of carbonyl (C=O) groups excluding carboxylic acids is 2. The largest absolute Gasteiger partial charge is 0.462 e. The molecule has 0 radical (unpaired) electrons. The molecule has 6 heteroatoms. The molecule has 0 saturated heterocycles. The Morgan fingerprint density at radius 3 is 2.50 bits per heavy atom. The smallest absolute Gasteiger partial charge is 0.333 e. The van der Waals surface area contributed by atoms with Crippen LogP contribution in [0.2, 0.25) is 0 Å². The van der Waals surface area contributed by atoms with Gasteiger partial charge in [-0.15, -0.1) is 0 Å². The molecule has 0 unspecified atom stereocenters. The summed E-state index contributed by atoms with van der Waals surface area (Å²) in [6, 6.07) is -0.281. The van der Waals surface area contributed by atoms with Crippen LogP contribution in [0.15, 0.2) is 12.2 Å². The summed E-state index contributed by atoms with van der Waals surface area (Å²) in [5.74, 6) is -0.405. The number of ether oxygens (including phenoxy) is 1. The molecule has 0 aromatic carbocycles. The number of carbonyl (C=O) groups is 2. The molecule has 92 valence electrons. The van der Waals surface area contributed by atoms with E-state index in [1.54, 1.807) is 21.0 Å². The average molecular weight is 229 g/mol. The maximum Gasteiger partial charge on any atom is 0.333 e. The van der Waals surface area contributed by atoms with Gasteiger partial charge in [0.2, 0.25) is 0 Å². The number of esters is 1. The second kappa shape index (κ2) is 7.70. The van der Waals surface area contributed by atoms with Crippen molar-refractivity contribution in [3.8, 4) is 0 Å². The van der Waals surface area contributed by atoms with Crippen LogP contribution in [-0.4, -0.2) is 44.3 Å². The number of hydrogen-bond donors (Lipinski definition) is 2. The molecular formula is C10H19N3O3. The molecule has 0 atom stereocenters. The van der Waals surface area contributed by atoms with Crippen molar-refractivity contribution in [1.82, 2.24) is 15.8 Å². The number of hydrogen-bond acceptors (Lipinski definition) is 4. The van der Waals surface area contributed by atoms with Gasteiger partial charge in [-0.3, -0.25) is 5.43 Å². The van der Waals surface area contributed by atoms with Crippen LogP contribution >= 0.6 is 0 Å². The van der Waals surface area contributed by atoms with Gasteiger partial charge in [-0.05, 0) is 13.3 Å². The highest BCUT2D eigenvalue weighted by atomic mass is 16.5. The SMILES string of the molecule is C=C(C)C(=O)OCCCNC(=O)NN(C)C. The summed E-state index contributed by atoms with van der Waals surface area (Å²) < 4.78 is 4.85. The minimum Gasteiger partial charge on any atom is -0.462 e. The van der Waals surface area contributed by atoms with E-state index in [9.17, 15) is 9.59 Å². The number of amides is 2. The van der Waals surface area contributed by atoms with Crippen LogP contribution in [0, 0.1) is 0 Å². The molecular weight excluding hydrogens is 210 g/mol. The topological polar surface area (TPSA) is 70.7 Å². The van der Waals surface area contributed by atoms with Gasteiger partial charge in [-0.2, -0.15) is 0 Å². The fourth-order valence-corrected chi connectivity index (χ4v) is 0.805. The van der Waals surface area contributed by atoms with Crippen molar-refractivity contribution in [3.63, 3.8) is 0 Å². The van der Waals surface area contributed by atoms with Crippen LogP contribution in [-0.2, 0) is 9.53 Å². The molecule has 0 aliphatic rings. The summed E-state index contributed by atoms with van der Waals surface area (Å²) in [4.78, 5) is 22.0. The average Bonchev–Trinajstić information content (AvgIpc) is 2.15. The molecule has 2 amide bonds. The number of nitrogens with zero attached hydrogens (tertiary/aromatic N) is 1. The summed E-state index contributed by atoms with van der Waals surface area (Å²) in [5, 5.41) is 4.15. The van der Waals surface area contributed by atoms with Crippen molar-refractivity contribution in [2.24, 2.45) is 0 Å². The van der Waals surface area contributed by atoms with Gasteiger partial charge in [0.1, 0.15) is 0 Å². The minimum atomic E-state index is -0.405. The second-order valence-electron chi connectivity index (χ2n) is 3.53. The first-order chi connectivity index (χ1) is 7.43. The first-order valence-corrected chi connectivity index (χ1v) is 4.98. The fourth-order valence-electron chi connectivity index (χ4n) is 0.805. The summed E-state index contributed by atoms with van der Waals surface area (Å²) >= 11 is 0. The lowest BCUT2D eigenvalue weighted by Gasteiger charge is -2.12. The van der Waals surface area contributed by atoms with Gasteiger partial charge >= 0.3 is 12.0 Å². The van der Waals surface area contributed by atoms with Crippen molar-refractivity contribution in [3.05, 3.63) is 12.2 Å². The monoisotopic (exact) mass is 229 g/mol. The van der Waals surface area contributed by atoms with Crippen molar-refractivity contribution < 1.29 is 14.3 Å². The lowest BCUT2D eigenvalue weighted by molar-refractivity contribution is -0.138. The Balaban J connectivity index is 3.44. The van der Waals surface area contributed by atoms with E-state index < -0.39 is 5.97 Å². The molecule has 6 nitrogen and oxygen atoms in total. The van der Waals surface area contributed by atoms with E-state index in [2.05, 4.69) is 17.3 Å². The summed E-state index contributed by atoms with van der Waals surface area (Å²) in [6.45, 7) is 5.76. The van der Waals surface area contributed by atoms with Gasteiger partial charge in [-0.25, -0.2) is 14.6 Å². The third kappa shape index (κ3) is 7.81. The van der Waals surface area contributed by atoms with Gasteiger partial charge in [-0.1, -0.05) is 6.58 Å². The Morgan fingerprint density at radius 2 is 2.00 bits per heavy atom. The van der Waals surface area contributed by atoms with Crippen molar-refractivity contribution in [2.75, 3.05) is 27.2 Å². The third-order valence-electron chi connectivity index (χ3n) is 1.51. The molecule has 0 fully saturated rings. The van der Waals surface area contributed by atoms with E-state index in [0.717, 1.165) is 0 Å². The van der Waals surface area contributed by atoms with Crippen LogP contribution in [0.3, 0.4) is 0 Å². The molecule has 0 aliphatic carbocycles. The highest BCUT2D eigenvalue weighted by Gasteiger charge is 2.03. The van der Waals surface area contributed by atoms with Crippen LogP contribution in [0.5, 0.6) is 0 Å². The normalized spacial score (nSPS) is 9.75. The van der Waals surface area contributed by atoms with Crippen molar-refractivity contribution in [1.29, 1.82) is 0 Å². The lowest BCUT2D eigenvalue weighted by atomic mass is 10.3. The Hall–Kier alpha value is -1.56. The first kappa shape index (κ1) is 14.4. The minimum absolute atomic E-state index is 0.272. The van der Waals surface area contributed by atoms with Gasteiger partial charge in [0.05, 0.1) is 6.61 Å². The van der Waals surface area contributed by atoms with Gasteiger partial charge in [0.25, 0.3) is 0 Å². The number of rotatable bonds is 6. The highest BCUT2D eigenvalue weighted by molar-refractivity contribution is 5.86. The van der Waals surface area contributed by atoms with Gasteiger partial charge < -0.3 is 10.1 Å². The zero-order chi connectivity index (χ0) is 12.6. The van der Waals surface area contributed by atoms with E-state index in [4.69, 9.17) is 4.74 Å². The molecule has 0 aliphatic heterocycles. The van der Waals surface area contributed by atoms with Crippen LogP contribution < -0.4 is 10.7 Å². The number of urea groups is 1. The lowest BCUT2D eigenvalue weighted by Crippen LogP contribution is -2.43. The maximum atomic E-state index is 11.1. The Kier molecular flexibility index (Phi) is 6.95. The van der Waals surface area contributed by atoms with Crippen molar-refractivity contribution in [2.45, 2.75) is 13.3 Å². The predicted octanol–water partition coefficient (Wildman–Crippen LogP) is 0.272. The van der Waals surface area contributed by atoms with Crippen LogP contribution in [0.4, 0.5) is 4.79 Å². The molecule has 0 aromatic heterocycles. The van der Waals surface area contributed by atoms with Gasteiger partial charge in [0, 0.05) is 26.2 Å². The number of hydrazine groups is 1. The highest BCUT2D eigenvalue weighted by Crippen LogP contribution is 1.92. The third-order valence-corrected chi connectivity index (χ3v) is 1.51. The van der Waals surface area contributed by atoms with Crippen LogP contribution in [0.1, 0.15) is 13.3 Å². The molecule has 0 bridgehead atoms. The molecule has 0 saturated carbocycles. The fraction of sp³-hybridized carbons (Fsp3) is 0.600. The molecule has 16 heavy (non-hydrogen) atoms. The summed E-state index contributed by atoms with van der Waals surface area (Å²) in [6.07, 6.45) is 0.569. The zero-order valence-corrected chi connectivity index (χ0v) is 10.0. The maximum absolute atomic E-state index is 11.1. The Labute approximate surface area is 95.6 Å². The first-order valence-electron chi connectivity index (χ1n) is 4.98. The molecule has 0 rings (SSSR count). The molecule has 2 N–H and O–H groups in total. The van der Waals surface area contributed by atoms with E-state index >= 15 is 0 Å².